The summed E-state index contributed by atoms with van der Waals surface area (Å²) >= 11 is 0. The van der Waals surface area contributed by atoms with Gasteiger partial charge in [0.25, 0.3) is 0 Å². The number of hydrogen-bond acceptors (Lipinski definition) is 4. The van der Waals surface area contributed by atoms with Gasteiger partial charge >= 0.3 is 0 Å². The lowest BCUT2D eigenvalue weighted by Gasteiger charge is -2.43. The molecule has 17 heavy (non-hydrogen) atoms. The first kappa shape index (κ1) is 10.5. The van der Waals surface area contributed by atoms with Crippen molar-refractivity contribution < 1.29 is 9.18 Å². The zero-order valence-corrected chi connectivity index (χ0v) is 9.48. The molecule has 0 bridgehead atoms. The van der Waals surface area contributed by atoms with Gasteiger partial charge in [0.15, 0.2) is 0 Å². The Hall–Kier alpha value is -1.69. The quantitative estimate of drug-likeness (QED) is 0.658. The van der Waals surface area contributed by atoms with Crippen molar-refractivity contribution in [3.05, 3.63) is 18.2 Å². The zero-order chi connectivity index (χ0) is 12.0. The topological polar surface area (TPSA) is 48.5 Å². The predicted molar refractivity (Wildman–Crippen MR) is 61.5 cm³/mol. The molecule has 1 saturated heterocycles. The Morgan fingerprint density at radius 3 is 3.18 bits per heavy atom. The summed E-state index contributed by atoms with van der Waals surface area (Å²) < 4.78 is 13.2. The summed E-state index contributed by atoms with van der Waals surface area (Å²) in [5, 5.41) is 2.77. The van der Waals surface area contributed by atoms with Gasteiger partial charge in [0, 0.05) is 25.7 Å². The first-order valence-electron chi connectivity index (χ1n) is 5.57. The molecule has 0 aliphatic carbocycles. The second-order valence-corrected chi connectivity index (χ2v) is 4.48. The Bertz CT molecular complexity index is 479. The maximum Gasteiger partial charge on any atom is 0.248 e. The molecule has 3 rings (SSSR count). The molecule has 2 aliphatic rings. The zero-order valence-electron chi connectivity index (χ0n) is 9.48. The van der Waals surface area contributed by atoms with Crippen LogP contribution in [-0.4, -0.2) is 48.5 Å². The van der Waals surface area contributed by atoms with Crippen LogP contribution in [0.15, 0.2) is 12.3 Å². The minimum absolute atomic E-state index is 0.0440. The molecule has 0 radical (unpaired) electrons. The molecule has 1 N–H and O–H groups in total. The summed E-state index contributed by atoms with van der Waals surface area (Å²) in [5.74, 6) is -0.560. The van der Waals surface area contributed by atoms with E-state index in [0.29, 0.717) is 12.2 Å². The molecule has 3 heterocycles. The maximum absolute atomic E-state index is 13.2. The number of carbonyl (C=O) groups excluding carboxylic acids is 1. The van der Waals surface area contributed by atoms with E-state index in [9.17, 15) is 9.18 Å². The summed E-state index contributed by atoms with van der Waals surface area (Å²) in [6, 6.07) is 1.15. The van der Waals surface area contributed by atoms with Gasteiger partial charge in [-0.2, -0.15) is 4.39 Å². The van der Waals surface area contributed by atoms with Crippen molar-refractivity contribution in [1.29, 1.82) is 0 Å². The first-order valence-corrected chi connectivity index (χ1v) is 5.57. The number of pyridine rings is 1. The fourth-order valence-electron chi connectivity index (χ4n) is 2.40. The van der Waals surface area contributed by atoms with Crippen molar-refractivity contribution in [3.8, 4) is 0 Å². The lowest BCUT2D eigenvalue weighted by Crippen LogP contribution is -2.59. The first-order chi connectivity index (χ1) is 8.15. The van der Waals surface area contributed by atoms with E-state index in [1.54, 1.807) is 0 Å². The third kappa shape index (κ3) is 1.64. The van der Waals surface area contributed by atoms with Crippen LogP contribution < -0.4 is 10.2 Å². The Morgan fingerprint density at radius 2 is 2.35 bits per heavy atom. The molecule has 1 aromatic rings. The standard InChI is InChI=1S/C11H13FN4O/c1-15-2-3-16-8-4-10(12)13-5-7(8)14-11(17)9(16)6-15/h4-5,9H,2-3,6H2,1H3,(H,14,17). The van der Waals surface area contributed by atoms with Crippen LogP contribution in [0.1, 0.15) is 0 Å². The van der Waals surface area contributed by atoms with Gasteiger partial charge < -0.3 is 15.1 Å². The Morgan fingerprint density at radius 1 is 1.53 bits per heavy atom. The van der Waals surface area contributed by atoms with E-state index in [2.05, 4.69) is 15.2 Å². The van der Waals surface area contributed by atoms with Crippen molar-refractivity contribution in [3.63, 3.8) is 0 Å². The van der Waals surface area contributed by atoms with Crippen molar-refractivity contribution in [2.45, 2.75) is 6.04 Å². The van der Waals surface area contributed by atoms with Crippen LogP contribution >= 0.6 is 0 Å². The molecule has 1 amide bonds. The number of fused-ring (bicyclic) bond motifs is 3. The lowest BCUT2D eigenvalue weighted by atomic mass is 10.1. The van der Waals surface area contributed by atoms with E-state index in [0.717, 1.165) is 18.8 Å². The van der Waals surface area contributed by atoms with E-state index in [-0.39, 0.29) is 11.9 Å². The number of halogens is 1. The molecule has 6 heteroatoms. The largest absolute Gasteiger partial charge is 0.355 e. The summed E-state index contributed by atoms with van der Waals surface area (Å²) in [6.45, 7) is 2.26. The molecule has 1 unspecified atom stereocenters. The van der Waals surface area contributed by atoms with E-state index in [4.69, 9.17) is 0 Å². The summed E-state index contributed by atoms with van der Waals surface area (Å²) in [5.41, 5.74) is 1.33. The van der Waals surface area contributed by atoms with Gasteiger partial charge in [-0.05, 0) is 7.05 Å². The molecule has 2 aliphatic heterocycles. The van der Waals surface area contributed by atoms with Gasteiger partial charge in [0.1, 0.15) is 6.04 Å². The van der Waals surface area contributed by atoms with Gasteiger partial charge in [0.05, 0.1) is 17.6 Å². The Labute approximate surface area is 98.2 Å². The predicted octanol–water partition coefficient (Wildman–Crippen LogP) is 0.293. The molecule has 0 saturated carbocycles. The minimum atomic E-state index is -0.516. The molecule has 1 fully saturated rings. The summed E-state index contributed by atoms with van der Waals surface area (Å²) in [4.78, 5) is 19.5. The molecule has 1 atom stereocenters. The van der Waals surface area contributed by atoms with Crippen molar-refractivity contribution in [2.75, 3.05) is 36.9 Å². The number of amides is 1. The third-order valence-corrected chi connectivity index (χ3v) is 3.30. The average molecular weight is 236 g/mol. The number of nitrogens with zero attached hydrogens (tertiary/aromatic N) is 3. The summed E-state index contributed by atoms with van der Waals surface area (Å²) in [6.07, 6.45) is 1.37. The van der Waals surface area contributed by atoms with E-state index in [1.807, 2.05) is 11.9 Å². The number of piperazine rings is 1. The van der Waals surface area contributed by atoms with Crippen molar-refractivity contribution in [1.82, 2.24) is 9.88 Å². The SMILES string of the molecule is CN1CCN2c3cc(F)ncc3NC(=O)C2C1. The normalized spacial score (nSPS) is 24.0. The fourth-order valence-corrected chi connectivity index (χ4v) is 2.40. The summed E-state index contributed by atoms with van der Waals surface area (Å²) in [7, 11) is 1.98. The molecule has 0 spiro atoms. The Balaban J connectivity index is 2.03. The van der Waals surface area contributed by atoms with Crippen LogP contribution in [0.4, 0.5) is 15.8 Å². The second kappa shape index (κ2) is 3.66. The van der Waals surface area contributed by atoms with Crippen LogP contribution in [0.25, 0.3) is 0 Å². The number of rotatable bonds is 0. The van der Waals surface area contributed by atoms with E-state index >= 15 is 0 Å². The Kier molecular flexibility index (Phi) is 2.25. The average Bonchev–Trinajstić information content (AvgIpc) is 2.30. The van der Waals surface area contributed by atoms with Crippen LogP contribution in [0, 0.1) is 5.95 Å². The van der Waals surface area contributed by atoms with E-state index < -0.39 is 5.95 Å². The second-order valence-electron chi connectivity index (χ2n) is 4.48. The molecule has 5 nitrogen and oxygen atoms in total. The number of carbonyl (C=O) groups is 1. The number of likely N-dealkylation sites (N-methyl/N-ethyl adjacent to an activating group) is 1. The lowest BCUT2D eigenvalue weighted by molar-refractivity contribution is -0.118. The molecular formula is C11H13FN4O. The molecule has 1 aromatic heterocycles. The number of hydrogen-bond donors (Lipinski definition) is 1. The highest BCUT2D eigenvalue weighted by Gasteiger charge is 2.36. The highest BCUT2D eigenvalue weighted by molar-refractivity contribution is 6.03. The number of nitrogens with one attached hydrogen (secondary N) is 1. The highest BCUT2D eigenvalue weighted by Crippen LogP contribution is 2.32. The van der Waals surface area contributed by atoms with Gasteiger partial charge in [-0.3, -0.25) is 4.79 Å². The van der Waals surface area contributed by atoms with Gasteiger partial charge in [-0.15, -0.1) is 0 Å². The smallest absolute Gasteiger partial charge is 0.248 e. The van der Waals surface area contributed by atoms with E-state index in [1.165, 1.54) is 12.3 Å². The molecule has 90 valence electrons. The van der Waals surface area contributed by atoms with Crippen LogP contribution in [-0.2, 0) is 4.79 Å². The van der Waals surface area contributed by atoms with Crippen LogP contribution in [0.2, 0.25) is 0 Å². The molecule has 0 aromatic carbocycles. The van der Waals surface area contributed by atoms with Crippen LogP contribution in [0.5, 0.6) is 0 Å². The molecular weight excluding hydrogens is 223 g/mol. The van der Waals surface area contributed by atoms with Gasteiger partial charge in [-0.25, -0.2) is 4.98 Å². The highest BCUT2D eigenvalue weighted by atomic mass is 19.1. The van der Waals surface area contributed by atoms with Gasteiger partial charge in [0.2, 0.25) is 11.9 Å². The minimum Gasteiger partial charge on any atom is -0.355 e. The number of aromatic nitrogens is 1. The van der Waals surface area contributed by atoms with Crippen molar-refractivity contribution in [2.24, 2.45) is 0 Å². The fraction of sp³-hybridized carbons (Fsp3) is 0.455. The van der Waals surface area contributed by atoms with Gasteiger partial charge in [-0.1, -0.05) is 0 Å². The monoisotopic (exact) mass is 236 g/mol. The number of anilines is 2. The maximum atomic E-state index is 13.2. The van der Waals surface area contributed by atoms with Crippen molar-refractivity contribution >= 4 is 17.3 Å². The third-order valence-electron chi connectivity index (χ3n) is 3.30. The van der Waals surface area contributed by atoms with Crippen LogP contribution in [0.3, 0.4) is 0 Å².